The first-order chi connectivity index (χ1) is 8.16. The van der Waals surface area contributed by atoms with E-state index in [4.69, 9.17) is 4.74 Å². The number of hydrogen-bond donors (Lipinski definition) is 0. The SMILES string of the molecule is Cc1ncn2c1COc1cc(C(C)C)cnc1-2. The third-order valence-electron chi connectivity index (χ3n) is 3.19. The Morgan fingerprint density at radius 1 is 1.35 bits per heavy atom. The van der Waals surface area contributed by atoms with Gasteiger partial charge in [-0.15, -0.1) is 0 Å². The number of ether oxygens (including phenoxy) is 1. The van der Waals surface area contributed by atoms with E-state index in [0.29, 0.717) is 12.5 Å². The predicted octanol–water partition coefficient (Wildman–Crippen LogP) is 2.59. The molecule has 17 heavy (non-hydrogen) atoms. The molecule has 0 radical (unpaired) electrons. The van der Waals surface area contributed by atoms with Crippen LogP contribution in [0.15, 0.2) is 18.6 Å². The van der Waals surface area contributed by atoms with Crippen LogP contribution in [0.25, 0.3) is 5.82 Å². The molecule has 0 atom stereocenters. The van der Waals surface area contributed by atoms with Gasteiger partial charge in [0.25, 0.3) is 0 Å². The molecule has 0 saturated carbocycles. The lowest BCUT2D eigenvalue weighted by Crippen LogP contribution is -2.14. The lowest BCUT2D eigenvalue weighted by atomic mass is 10.1. The zero-order chi connectivity index (χ0) is 12.0. The molecule has 0 aromatic carbocycles. The van der Waals surface area contributed by atoms with Gasteiger partial charge >= 0.3 is 0 Å². The van der Waals surface area contributed by atoms with E-state index in [1.807, 2.05) is 24.0 Å². The molecule has 0 spiro atoms. The molecule has 3 heterocycles. The van der Waals surface area contributed by atoms with Gasteiger partial charge in [-0.1, -0.05) is 13.8 Å². The molecule has 2 aromatic heterocycles. The highest BCUT2D eigenvalue weighted by Gasteiger charge is 2.21. The van der Waals surface area contributed by atoms with Gasteiger partial charge in [-0.05, 0) is 24.5 Å². The van der Waals surface area contributed by atoms with Gasteiger partial charge < -0.3 is 4.74 Å². The van der Waals surface area contributed by atoms with Crippen LogP contribution in [-0.2, 0) is 6.61 Å². The lowest BCUT2D eigenvalue weighted by molar-refractivity contribution is 0.281. The van der Waals surface area contributed by atoms with E-state index < -0.39 is 0 Å². The second-order valence-corrected chi connectivity index (χ2v) is 4.68. The van der Waals surface area contributed by atoms with Crippen LogP contribution in [0.4, 0.5) is 0 Å². The Balaban J connectivity index is 2.15. The standard InChI is InChI=1S/C13H15N3O/c1-8(2)10-4-12-13(14-5-10)16-7-15-9(3)11(16)6-17-12/h4-5,7-8H,6H2,1-3H3. The van der Waals surface area contributed by atoms with E-state index in [1.54, 1.807) is 0 Å². The van der Waals surface area contributed by atoms with Gasteiger partial charge in [-0.2, -0.15) is 0 Å². The van der Waals surface area contributed by atoms with Gasteiger partial charge in [0.2, 0.25) is 0 Å². The van der Waals surface area contributed by atoms with Crippen LogP contribution in [0.5, 0.6) is 5.75 Å². The van der Waals surface area contributed by atoms with Gasteiger partial charge in [0.05, 0.1) is 11.4 Å². The number of pyridine rings is 1. The molecule has 3 rings (SSSR count). The Labute approximate surface area is 100 Å². The number of aromatic nitrogens is 3. The molecule has 0 fully saturated rings. The summed E-state index contributed by atoms with van der Waals surface area (Å²) in [6.07, 6.45) is 3.73. The maximum absolute atomic E-state index is 5.76. The summed E-state index contributed by atoms with van der Waals surface area (Å²) in [6, 6.07) is 2.07. The quantitative estimate of drug-likeness (QED) is 0.754. The molecule has 0 amide bonds. The van der Waals surface area contributed by atoms with Gasteiger partial charge in [-0.3, -0.25) is 4.57 Å². The van der Waals surface area contributed by atoms with Crippen molar-refractivity contribution < 1.29 is 4.74 Å². The van der Waals surface area contributed by atoms with Crippen LogP contribution in [0.3, 0.4) is 0 Å². The zero-order valence-corrected chi connectivity index (χ0v) is 10.3. The van der Waals surface area contributed by atoms with E-state index in [1.165, 1.54) is 5.56 Å². The second kappa shape index (κ2) is 3.58. The average Bonchev–Trinajstić information content (AvgIpc) is 2.70. The minimum absolute atomic E-state index is 0.460. The van der Waals surface area contributed by atoms with E-state index in [2.05, 4.69) is 29.9 Å². The molecule has 0 saturated heterocycles. The van der Waals surface area contributed by atoms with Crippen LogP contribution < -0.4 is 4.74 Å². The van der Waals surface area contributed by atoms with Crippen LogP contribution in [0.2, 0.25) is 0 Å². The minimum atomic E-state index is 0.460. The molecule has 0 aliphatic carbocycles. The molecule has 0 N–H and O–H groups in total. The summed E-state index contributed by atoms with van der Waals surface area (Å²) in [5, 5.41) is 0. The summed E-state index contributed by atoms with van der Waals surface area (Å²) in [5.41, 5.74) is 3.29. The third-order valence-corrected chi connectivity index (χ3v) is 3.19. The summed E-state index contributed by atoms with van der Waals surface area (Å²) in [5.74, 6) is 2.15. The molecule has 1 aliphatic rings. The number of imidazole rings is 1. The maximum atomic E-state index is 5.76. The van der Waals surface area contributed by atoms with Crippen molar-refractivity contribution in [2.75, 3.05) is 0 Å². The van der Waals surface area contributed by atoms with Crippen molar-refractivity contribution in [1.82, 2.24) is 14.5 Å². The highest BCUT2D eigenvalue weighted by Crippen LogP contribution is 2.31. The number of rotatable bonds is 1. The van der Waals surface area contributed by atoms with E-state index in [0.717, 1.165) is 23.0 Å². The number of nitrogens with zero attached hydrogens (tertiary/aromatic N) is 3. The van der Waals surface area contributed by atoms with Crippen molar-refractivity contribution in [2.45, 2.75) is 33.3 Å². The molecule has 1 aliphatic heterocycles. The third kappa shape index (κ3) is 1.52. The highest BCUT2D eigenvalue weighted by molar-refractivity contribution is 5.46. The minimum Gasteiger partial charge on any atom is -0.483 e. The summed E-state index contributed by atoms with van der Waals surface area (Å²) in [6.45, 7) is 6.86. The fraction of sp³-hybridized carbons (Fsp3) is 0.385. The number of hydrogen-bond acceptors (Lipinski definition) is 3. The first-order valence-corrected chi connectivity index (χ1v) is 5.82. The van der Waals surface area contributed by atoms with Crippen LogP contribution in [0, 0.1) is 6.92 Å². The van der Waals surface area contributed by atoms with E-state index >= 15 is 0 Å². The molecule has 2 aromatic rings. The Kier molecular flexibility index (Phi) is 2.18. The fourth-order valence-electron chi connectivity index (χ4n) is 2.02. The van der Waals surface area contributed by atoms with Crippen molar-refractivity contribution in [1.29, 1.82) is 0 Å². The van der Waals surface area contributed by atoms with Crippen molar-refractivity contribution in [3.63, 3.8) is 0 Å². The number of aryl methyl sites for hydroxylation is 1. The Bertz CT molecular complexity index is 572. The van der Waals surface area contributed by atoms with E-state index in [-0.39, 0.29) is 0 Å². The lowest BCUT2D eigenvalue weighted by Gasteiger charge is -2.20. The topological polar surface area (TPSA) is 39.9 Å². The second-order valence-electron chi connectivity index (χ2n) is 4.68. The largest absolute Gasteiger partial charge is 0.483 e. The maximum Gasteiger partial charge on any atom is 0.181 e. The Hall–Kier alpha value is -1.84. The molecule has 4 heteroatoms. The van der Waals surface area contributed by atoms with Crippen LogP contribution in [-0.4, -0.2) is 14.5 Å². The van der Waals surface area contributed by atoms with Crippen molar-refractivity contribution in [2.24, 2.45) is 0 Å². The first-order valence-electron chi connectivity index (χ1n) is 5.82. The normalized spacial score (nSPS) is 13.2. The Morgan fingerprint density at radius 3 is 2.94 bits per heavy atom. The van der Waals surface area contributed by atoms with Gasteiger partial charge in [0.1, 0.15) is 12.9 Å². The monoisotopic (exact) mass is 229 g/mol. The fourth-order valence-corrected chi connectivity index (χ4v) is 2.02. The summed E-state index contributed by atoms with van der Waals surface area (Å²) in [7, 11) is 0. The van der Waals surface area contributed by atoms with Gasteiger partial charge in [0, 0.05) is 6.20 Å². The molecule has 0 bridgehead atoms. The smallest absolute Gasteiger partial charge is 0.181 e. The summed E-state index contributed by atoms with van der Waals surface area (Å²) < 4.78 is 7.77. The van der Waals surface area contributed by atoms with Crippen molar-refractivity contribution in [3.05, 3.63) is 35.5 Å². The highest BCUT2D eigenvalue weighted by atomic mass is 16.5. The molecule has 4 nitrogen and oxygen atoms in total. The molecular weight excluding hydrogens is 214 g/mol. The molecule has 0 unspecified atom stereocenters. The predicted molar refractivity (Wildman–Crippen MR) is 64.5 cm³/mol. The summed E-state index contributed by atoms with van der Waals surface area (Å²) in [4.78, 5) is 8.79. The molecule has 88 valence electrons. The van der Waals surface area contributed by atoms with Crippen molar-refractivity contribution in [3.8, 4) is 11.6 Å². The molecular formula is C13H15N3O. The Morgan fingerprint density at radius 2 is 2.18 bits per heavy atom. The van der Waals surface area contributed by atoms with Crippen LogP contribution >= 0.6 is 0 Å². The van der Waals surface area contributed by atoms with Crippen molar-refractivity contribution >= 4 is 0 Å². The van der Waals surface area contributed by atoms with Gasteiger partial charge in [-0.25, -0.2) is 9.97 Å². The number of fused-ring (bicyclic) bond motifs is 3. The van der Waals surface area contributed by atoms with E-state index in [9.17, 15) is 0 Å². The zero-order valence-electron chi connectivity index (χ0n) is 10.3. The van der Waals surface area contributed by atoms with Gasteiger partial charge in [0.15, 0.2) is 11.6 Å². The first kappa shape index (κ1) is 10.3. The van der Waals surface area contributed by atoms with Crippen LogP contribution in [0.1, 0.15) is 36.7 Å². The summed E-state index contributed by atoms with van der Waals surface area (Å²) >= 11 is 0. The average molecular weight is 229 g/mol.